The molecule has 2 aromatic rings. The maximum Gasteiger partial charge on any atom is 0.325 e. The highest BCUT2D eigenvalue weighted by Gasteiger charge is 2.12. The fourth-order valence-electron chi connectivity index (χ4n) is 1.45. The summed E-state index contributed by atoms with van der Waals surface area (Å²) in [4.78, 5) is 12.0. The Bertz CT molecular complexity index is 528. The molecule has 0 aromatic carbocycles. The summed E-state index contributed by atoms with van der Waals surface area (Å²) in [5.41, 5.74) is 2.26. The van der Waals surface area contributed by atoms with Gasteiger partial charge in [-0.05, 0) is 6.92 Å². The Hall–Kier alpha value is -2.18. The number of hydrogen-bond acceptors (Lipinski definition) is 4. The summed E-state index contributed by atoms with van der Waals surface area (Å²) in [6.07, 6.45) is 3.22. The molecule has 0 spiro atoms. The highest BCUT2D eigenvalue weighted by molar-refractivity contribution is 5.67. The van der Waals surface area contributed by atoms with Gasteiger partial charge in [0.05, 0.1) is 12.4 Å². The molecule has 0 aliphatic rings. The molecule has 0 fully saturated rings. The van der Waals surface area contributed by atoms with Gasteiger partial charge in [-0.2, -0.15) is 20.1 Å². The Morgan fingerprint density at radius 2 is 2.19 bits per heavy atom. The van der Waals surface area contributed by atoms with E-state index in [1.54, 1.807) is 26.4 Å². The third-order valence-electron chi connectivity index (χ3n) is 2.26. The molecule has 2 heterocycles. The Balaban J connectivity index is 2.36. The molecule has 0 radical (unpaired) electrons. The van der Waals surface area contributed by atoms with Gasteiger partial charge < -0.3 is 5.11 Å². The van der Waals surface area contributed by atoms with Gasteiger partial charge in [0.25, 0.3) is 0 Å². The van der Waals surface area contributed by atoms with Gasteiger partial charge in [0.1, 0.15) is 12.2 Å². The van der Waals surface area contributed by atoms with Crippen molar-refractivity contribution in [1.29, 1.82) is 0 Å². The first-order valence-electron chi connectivity index (χ1n) is 4.69. The third-order valence-corrected chi connectivity index (χ3v) is 2.26. The first kappa shape index (κ1) is 10.3. The van der Waals surface area contributed by atoms with Crippen molar-refractivity contribution in [3.8, 4) is 11.3 Å². The van der Waals surface area contributed by atoms with Crippen molar-refractivity contribution in [2.75, 3.05) is 0 Å². The zero-order valence-corrected chi connectivity index (χ0v) is 8.95. The van der Waals surface area contributed by atoms with E-state index in [0.29, 0.717) is 5.69 Å². The van der Waals surface area contributed by atoms with Gasteiger partial charge in [0, 0.05) is 18.3 Å². The molecule has 0 unspecified atom stereocenters. The van der Waals surface area contributed by atoms with Gasteiger partial charge in [-0.25, -0.2) is 0 Å². The lowest BCUT2D eigenvalue weighted by molar-refractivity contribution is -0.137. The van der Waals surface area contributed by atoms with E-state index in [4.69, 9.17) is 5.11 Å². The number of carboxylic acids is 1. The van der Waals surface area contributed by atoms with E-state index < -0.39 is 5.97 Å². The van der Waals surface area contributed by atoms with Crippen LogP contribution in [0.2, 0.25) is 0 Å². The van der Waals surface area contributed by atoms with Crippen LogP contribution in [0.3, 0.4) is 0 Å². The summed E-state index contributed by atoms with van der Waals surface area (Å²) >= 11 is 0. The lowest BCUT2D eigenvalue weighted by Gasteiger charge is -2.00. The molecular weight excluding hydrogens is 210 g/mol. The fourth-order valence-corrected chi connectivity index (χ4v) is 1.45. The summed E-state index contributed by atoms with van der Waals surface area (Å²) in [6, 6.07) is 0. The second-order valence-corrected chi connectivity index (χ2v) is 3.41. The number of aliphatic carboxylic acids is 1. The minimum Gasteiger partial charge on any atom is -0.480 e. The quantitative estimate of drug-likeness (QED) is 0.792. The number of nitrogens with zero attached hydrogens (tertiary/aromatic N) is 5. The Labute approximate surface area is 91.3 Å². The molecule has 2 rings (SSSR count). The van der Waals surface area contributed by atoms with Crippen LogP contribution in [0.1, 0.15) is 5.69 Å². The molecule has 0 aliphatic carbocycles. The first-order valence-corrected chi connectivity index (χ1v) is 4.69. The number of hydrogen-bond donors (Lipinski definition) is 1. The van der Waals surface area contributed by atoms with E-state index in [0.717, 1.165) is 11.3 Å². The molecular formula is C9H11N5O2. The van der Waals surface area contributed by atoms with Crippen LogP contribution in [0.4, 0.5) is 0 Å². The van der Waals surface area contributed by atoms with Gasteiger partial charge in [-0.15, -0.1) is 0 Å². The van der Waals surface area contributed by atoms with Crippen LogP contribution in [-0.4, -0.2) is 35.9 Å². The summed E-state index contributed by atoms with van der Waals surface area (Å²) in [6.45, 7) is 1.66. The van der Waals surface area contributed by atoms with Crippen molar-refractivity contribution < 1.29 is 9.90 Å². The average Bonchev–Trinajstić information content (AvgIpc) is 2.74. The number of carbonyl (C=O) groups is 1. The largest absolute Gasteiger partial charge is 0.480 e. The zero-order chi connectivity index (χ0) is 11.7. The number of aromatic nitrogens is 5. The molecule has 7 heteroatoms. The summed E-state index contributed by atoms with van der Waals surface area (Å²) in [7, 11) is 1.72. The highest BCUT2D eigenvalue weighted by Crippen LogP contribution is 2.19. The van der Waals surface area contributed by atoms with Crippen LogP contribution in [0.15, 0.2) is 12.4 Å². The van der Waals surface area contributed by atoms with Crippen molar-refractivity contribution in [3.63, 3.8) is 0 Å². The monoisotopic (exact) mass is 221 g/mol. The van der Waals surface area contributed by atoms with Crippen LogP contribution in [0, 0.1) is 6.92 Å². The van der Waals surface area contributed by atoms with Gasteiger partial charge in [0.15, 0.2) is 0 Å². The highest BCUT2D eigenvalue weighted by atomic mass is 16.4. The SMILES string of the molecule is Cc1c(-c2cnn(C)n2)cnn1CC(=O)O. The lowest BCUT2D eigenvalue weighted by atomic mass is 10.2. The lowest BCUT2D eigenvalue weighted by Crippen LogP contribution is -2.11. The minimum atomic E-state index is -0.920. The average molecular weight is 221 g/mol. The van der Waals surface area contributed by atoms with Crippen LogP contribution in [0.5, 0.6) is 0 Å². The predicted octanol–water partition coefficient (Wildman–Crippen LogP) is 0.0716. The maximum atomic E-state index is 10.6. The molecule has 1 N–H and O–H groups in total. The van der Waals surface area contributed by atoms with E-state index in [9.17, 15) is 4.79 Å². The topological polar surface area (TPSA) is 85.8 Å². The van der Waals surface area contributed by atoms with Crippen molar-refractivity contribution in [3.05, 3.63) is 18.1 Å². The smallest absolute Gasteiger partial charge is 0.325 e. The second kappa shape index (κ2) is 3.76. The minimum absolute atomic E-state index is 0.147. The molecule has 0 atom stereocenters. The molecule has 84 valence electrons. The molecule has 0 bridgehead atoms. The van der Waals surface area contributed by atoms with Gasteiger partial charge in [-0.3, -0.25) is 9.48 Å². The second-order valence-electron chi connectivity index (χ2n) is 3.41. The Morgan fingerprint density at radius 3 is 2.75 bits per heavy atom. The summed E-state index contributed by atoms with van der Waals surface area (Å²) in [5.74, 6) is -0.920. The zero-order valence-electron chi connectivity index (χ0n) is 8.95. The molecule has 0 aliphatic heterocycles. The molecule has 7 nitrogen and oxygen atoms in total. The summed E-state index contributed by atoms with van der Waals surface area (Å²) in [5, 5.41) is 20.8. The fraction of sp³-hybridized carbons (Fsp3) is 0.333. The first-order chi connectivity index (χ1) is 7.58. The van der Waals surface area contributed by atoms with E-state index >= 15 is 0 Å². The number of carboxylic acid groups (broad SMARTS) is 1. The van der Waals surface area contributed by atoms with Gasteiger partial charge in [-0.1, -0.05) is 0 Å². The van der Waals surface area contributed by atoms with Crippen LogP contribution < -0.4 is 0 Å². The van der Waals surface area contributed by atoms with Crippen molar-refractivity contribution in [2.24, 2.45) is 7.05 Å². The number of aryl methyl sites for hydroxylation is 1. The molecule has 16 heavy (non-hydrogen) atoms. The van der Waals surface area contributed by atoms with Gasteiger partial charge in [0.2, 0.25) is 0 Å². The predicted molar refractivity (Wildman–Crippen MR) is 54.6 cm³/mol. The normalized spacial score (nSPS) is 10.6. The van der Waals surface area contributed by atoms with E-state index in [2.05, 4.69) is 15.3 Å². The Kier molecular flexibility index (Phi) is 2.43. The van der Waals surface area contributed by atoms with Crippen LogP contribution in [0.25, 0.3) is 11.3 Å². The van der Waals surface area contributed by atoms with Crippen molar-refractivity contribution in [1.82, 2.24) is 24.8 Å². The molecule has 0 saturated carbocycles. The number of rotatable bonds is 3. The van der Waals surface area contributed by atoms with E-state index in [1.807, 2.05) is 0 Å². The third kappa shape index (κ3) is 1.79. The summed E-state index contributed by atoms with van der Waals surface area (Å²) < 4.78 is 1.42. The van der Waals surface area contributed by atoms with E-state index in [1.165, 1.54) is 9.48 Å². The van der Waals surface area contributed by atoms with E-state index in [-0.39, 0.29) is 6.54 Å². The van der Waals surface area contributed by atoms with Crippen molar-refractivity contribution >= 4 is 5.97 Å². The molecule has 0 saturated heterocycles. The van der Waals surface area contributed by atoms with Gasteiger partial charge >= 0.3 is 5.97 Å². The van der Waals surface area contributed by atoms with Crippen LogP contribution >= 0.6 is 0 Å². The van der Waals surface area contributed by atoms with Crippen molar-refractivity contribution in [2.45, 2.75) is 13.5 Å². The molecule has 2 aromatic heterocycles. The maximum absolute atomic E-state index is 10.6. The Morgan fingerprint density at radius 1 is 1.44 bits per heavy atom. The van der Waals surface area contributed by atoms with Crippen LogP contribution in [-0.2, 0) is 18.4 Å². The molecule has 0 amide bonds. The standard InChI is InChI=1S/C9H11N5O2/c1-6-7(8-4-10-13(2)12-8)3-11-14(6)5-9(15)16/h3-4H,5H2,1-2H3,(H,15,16).